The summed E-state index contributed by atoms with van der Waals surface area (Å²) in [4.78, 5) is 13.1. The van der Waals surface area contributed by atoms with Crippen molar-refractivity contribution in [3.63, 3.8) is 0 Å². The van der Waals surface area contributed by atoms with E-state index in [9.17, 15) is 4.39 Å². The van der Waals surface area contributed by atoms with Gasteiger partial charge in [-0.1, -0.05) is 6.07 Å². The van der Waals surface area contributed by atoms with E-state index in [1.807, 2.05) is 6.07 Å². The first-order chi connectivity index (χ1) is 13.7. The summed E-state index contributed by atoms with van der Waals surface area (Å²) in [6.07, 6.45) is -0.0129. The summed E-state index contributed by atoms with van der Waals surface area (Å²) in [5, 5.41) is 3.45. The lowest BCUT2D eigenvalue weighted by atomic mass is 10.3. The predicted molar refractivity (Wildman–Crippen MR) is 116 cm³/mol. The quantitative estimate of drug-likeness (QED) is 0.377. The maximum atomic E-state index is 13.4. The third kappa shape index (κ3) is 7.36. The summed E-state index contributed by atoms with van der Waals surface area (Å²) in [6.45, 7) is 8.07. The summed E-state index contributed by atoms with van der Waals surface area (Å²) < 4.78 is 29.8. The van der Waals surface area contributed by atoms with E-state index in [-0.39, 0.29) is 29.1 Å². The van der Waals surface area contributed by atoms with E-state index in [2.05, 4.69) is 27.0 Å². The number of hydrogen-bond donors (Lipinski definition) is 1. The molecule has 0 radical (unpaired) electrons. The van der Waals surface area contributed by atoms with Crippen LogP contribution < -0.4 is 10.2 Å². The van der Waals surface area contributed by atoms with Crippen molar-refractivity contribution >= 4 is 28.8 Å². The average Bonchev–Trinajstić information content (AvgIpc) is 2.72. The number of piperazine rings is 1. The maximum absolute atomic E-state index is 13.4. The van der Waals surface area contributed by atoms with Gasteiger partial charge in [0.15, 0.2) is 5.96 Å². The molecule has 2 fully saturated rings. The van der Waals surface area contributed by atoms with Crippen molar-refractivity contribution in [1.29, 1.82) is 0 Å². The van der Waals surface area contributed by atoms with Crippen LogP contribution in [-0.4, -0.2) is 94.3 Å². The first kappa shape index (κ1) is 23.8. The summed E-state index contributed by atoms with van der Waals surface area (Å²) in [5.74, 6) is 1.06. The van der Waals surface area contributed by atoms with Crippen LogP contribution in [0.15, 0.2) is 23.2 Å². The van der Waals surface area contributed by atoms with Crippen molar-refractivity contribution in [2.75, 3.05) is 71.2 Å². The minimum Gasteiger partial charge on any atom is -0.383 e. The molecule has 0 spiro atoms. The second-order valence-electron chi connectivity index (χ2n) is 7.03. The number of aromatic nitrogens is 1. The Bertz CT molecular complexity index is 640. The Labute approximate surface area is 182 Å². The molecule has 0 saturated carbocycles. The number of ether oxygens (including phenoxy) is 3. The number of nitrogens with zero attached hydrogens (tertiary/aromatic N) is 4. The molecule has 164 valence electrons. The topological polar surface area (TPSA) is 71.5 Å². The Kier molecular flexibility index (Phi) is 10.1. The lowest BCUT2D eigenvalue weighted by Crippen LogP contribution is -2.55. The Morgan fingerprint density at radius 2 is 2.14 bits per heavy atom. The number of aliphatic imine (C=N–C) groups is 1. The molecule has 3 heterocycles. The molecule has 2 atom stereocenters. The van der Waals surface area contributed by atoms with Crippen LogP contribution in [0.2, 0.25) is 0 Å². The van der Waals surface area contributed by atoms with Gasteiger partial charge in [0, 0.05) is 39.3 Å². The highest BCUT2D eigenvalue weighted by molar-refractivity contribution is 8.93. The molecule has 2 aliphatic rings. The van der Waals surface area contributed by atoms with Crippen LogP contribution in [0.5, 0.6) is 0 Å². The van der Waals surface area contributed by atoms with E-state index in [0.29, 0.717) is 38.8 Å². The van der Waals surface area contributed by atoms with E-state index in [0.717, 1.165) is 32.1 Å². The van der Waals surface area contributed by atoms with Crippen molar-refractivity contribution in [3.8, 4) is 0 Å². The second kappa shape index (κ2) is 12.3. The van der Waals surface area contributed by atoms with Crippen molar-refractivity contribution in [2.24, 2.45) is 4.99 Å². The normalized spacial score (nSPS) is 21.5. The van der Waals surface area contributed by atoms with Gasteiger partial charge >= 0.3 is 0 Å². The molecule has 1 N–H and O–H groups in total. The zero-order valence-electron chi connectivity index (χ0n) is 17.1. The molecule has 29 heavy (non-hydrogen) atoms. The van der Waals surface area contributed by atoms with E-state index in [1.54, 1.807) is 13.2 Å². The molecule has 2 aliphatic heterocycles. The lowest BCUT2D eigenvalue weighted by molar-refractivity contribution is -0.0833. The van der Waals surface area contributed by atoms with Gasteiger partial charge < -0.3 is 29.3 Å². The van der Waals surface area contributed by atoms with Crippen LogP contribution in [0.25, 0.3) is 0 Å². The Hall–Kier alpha value is -1.49. The van der Waals surface area contributed by atoms with Gasteiger partial charge in [-0.15, -0.1) is 17.0 Å². The first-order valence-corrected chi connectivity index (χ1v) is 9.77. The fourth-order valence-electron chi connectivity index (χ4n) is 3.30. The van der Waals surface area contributed by atoms with Gasteiger partial charge in [-0.25, -0.2) is 4.98 Å². The number of hydrogen-bond acceptors (Lipinski definition) is 6. The second-order valence-corrected chi connectivity index (χ2v) is 7.03. The predicted octanol–water partition coefficient (Wildman–Crippen LogP) is 1.32. The Balaban J connectivity index is 0.00000300. The third-order valence-corrected chi connectivity index (χ3v) is 4.73. The van der Waals surface area contributed by atoms with Gasteiger partial charge in [-0.3, -0.25) is 4.99 Å². The Morgan fingerprint density at radius 3 is 2.79 bits per heavy atom. The highest BCUT2D eigenvalue weighted by atomic mass is 79.9. The highest BCUT2D eigenvalue weighted by Gasteiger charge is 2.23. The number of guanidine groups is 1. The summed E-state index contributed by atoms with van der Waals surface area (Å²) in [7, 11) is 1.69. The minimum atomic E-state index is -0.452. The van der Waals surface area contributed by atoms with Gasteiger partial charge in [0.1, 0.15) is 11.9 Å². The van der Waals surface area contributed by atoms with E-state index >= 15 is 0 Å². The van der Waals surface area contributed by atoms with Crippen molar-refractivity contribution in [2.45, 2.75) is 19.1 Å². The van der Waals surface area contributed by atoms with Crippen LogP contribution in [0.1, 0.15) is 6.92 Å². The largest absolute Gasteiger partial charge is 0.383 e. The molecule has 8 nitrogen and oxygen atoms in total. The molecule has 1 aromatic rings. The van der Waals surface area contributed by atoms with Gasteiger partial charge in [0.2, 0.25) is 5.95 Å². The van der Waals surface area contributed by atoms with Gasteiger partial charge in [0.05, 0.1) is 33.0 Å². The first-order valence-electron chi connectivity index (χ1n) is 9.77. The van der Waals surface area contributed by atoms with Crippen LogP contribution in [0.3, 0.4) is 0 Å². The lowest BCUT2D eigenvalue weighted by Gasteiger charge is -2.38. The standard InChI is InChI=1S/C19H30FN5O3.BrH/c1-15(13-26-2)22-19(21-12-16-14-27-10-11-28-16)25-8-6-24(7-9-25)18-5-3-4-17(20)23-18;/h3-5,15-16H,6-14H2,1-2H3,(H,21,22);1H. The number of nitrogens with one attached hydrogen (secondary N) is 1. The maximum Gasteiger partial charge on any atom is 0.214 e. The van der Waals surface area contributed by atoms with Crippen molar-refractivity contribution in [1.82, 2.24) is 15.2 Å². The van der Waals surface area contributed by atoms with E-state index in [1.165, 1.54) is 6.07 Å². The fraction of sp³-hybridized carbons (Fsp3) is 0.684. The summed E-state index contributed by atoms with van der Waals surface area (Å²) >= 11 is 0. The number of methoxy groups -OCH3 is 1. The van der Waals surface area contributed by atoms with Gasteiger partial charge in [0.25, 0.3) is 0 Å². The molecule has 1 aromatic heterocycles. The van der Waals surface area contributed by atoms with Crippen molar-refractivity contribution < 1.29 is 18.6 Å². The molecule has 0 bridgehead atoms. The molecule has 2 saturated heterocycles. The zero-order valence-corrected chi connectivity index (χ0v) is 18.8. The fourth-order valence-corrected chi connectivity index (χ4v) is 3.30. The summed E-state index contributed by atoms with van der Waals surface area (Å²) in [5.41, 5.74) is 0. The third-order valence-electron chi connectivity index (χ3n) is 4.73. The Morgan fingerprint density at radius 1 is 1.34 bits per heavy atom. The van der Waals surface area contributed by atoms with Crippen LogP contribution in [0, 0.1) is 5.95 Å². The van der Waals surface area contributed by atoms with Crippen molar-refractivity contribution in [3.05, 3.63) is 24.1 Å². The molecular weight excluding hydrogens is 445 g/mol. The summed E-state index contributed by atoms with van der Waals surface area (Å²) in [6, 6.07) is 5.03. The van der Waals surface area contributed by atoms with Crippen LogP contribution in [0.4, 0.5) is 10.2 Å². The molecule has 0 aliphatic carbocycles. The number of pyridine rings is 1. The average molecular weight is 476 g/mol. The zero-order chi connectivity index (χ0) is 19.8. The molecule has 0 aromatic carbocycles. The highest BCUT2D eigenvalue weighted by Crippen LogP contribution is 2.14. The monoisotopic (exact) mass is 475 g/mol. The number of halogens is 2. The van der Waals surface area contributed by atoms with Gasteiger partial charge in [-0.2, -0.15) is 4.39 Å². The molecule has 0 amide bonds. The minimum absolute atomic E-state index is 0. The van der Waals surface area contributed by atoms with E-state index in [4.69, 9.17) is 19.2 Å². The smallest absolute Gasteiger partial charge is 0.214 e. The SMILES string of the molecule is Br.COCC(C)NC(=NCC1COCCO1)N1CCN(c2cccc(F)n2)CC1. The molecule has 10 heteroatoms. The van der Waals surface area contributed by atoms with Gasteiger partial charge in [-0.05, 0) is 19.1 Å². The number of anilines is 1. The number of rotatable bonds is 6. The van der Waals surface area contributed by atoms with Crippen LogP contribution >= 0.6 is 17.0 Å². The molecule has 3 rings (SSSR count). The van der Waals surface area contributed by atoms with E-state index < -0.39 is 5.95 Å². The molecule has 2 unspecified atom stereocenters. The molecular formula is C19H31BrFN5O3. The van der Waals surface area contributed by atoms with Crippen LogP contribution in [-0.2, 0) is 14.2 Å².